The fraction of sp³-hybridized carbons (Fsp3) is 0.0189. The second-order valence-corrected chi connectivity index (χ2v) is 16.2. The van der Waals surface area contributed by atoms with Crippen molar-refractivity contribution in [3.63, 3.8) is 0 Å². The van der Waals surface area contributed by atoms with Gasteiger partial charge in [-0.05, 0) is 104 Å². The molecule has 0 radical (unpaired) electrons. The summed E-state index contributed by atoms with van der Waals surface area (Å²) in [5.74, 6) is 0. The van der Waals surface area contributed by atoms with Gasteiger partial charge in [0.25, 0.3) is 0 Å². The fourth-order valence-electron chi connectivity index (χ4n) is 10.2. The van der Waals surface area contributed by atoms with Crippen LogP contribution in [0.4, 0.5) is 0 Å². The number of hydrogen-bond donors (Lipinski definition) is 0. The van der Waals surface area contributed by atoms with Crippen molar-refractivity contribution in [2.75, 3.05) is 0 Å². The molecule has 0 atom stereocenters. The van der Waals surface area contributed by atoms with Crippen LogP contribution in [0.25, 0.3) is 82.5 Å². The molecule has 13 rings (SSSR count). The quantitative estimate of drug-likeness (QED) is 0.176. The van der Waals surface area contributed by atoms with Crippen molar-refractivity contribution < 1.29 is 4.42 Å². The molecule has 1 spiro atoms. The molecule has 0 fully saturated rings. The number of rotatable bonds is 2. The van der Waals surface area contributed by atoms with E-state index >= 15 is 0 Å². The highest BCUT2D eigenvalue weighted by Gasteiger charge is 2.50. The number of furan rings is 1. The van der Waals surface area contributed by atoms with Crippen LogP contribution >= 0.6 is 11.8 Å². The highest BCUT2D eigenvalue weighted by atomic mass is 32.2. The number of benzene rings is 9. The van der Waals surface area contributed by atoms with E-state index in [0.29, 0.717) is 0 Å². The smallest absolute Gasteiger partial charge is 0.135 e. The average Bonchev–Trinajstić information content (AvgIpc) is 3.89. The Bertz CT molecular complexity index is 3430. The van der Waals surface area contributed by atoms with Gasteiger partial charge in [-0.1, -0.05) is 145 Å². The van der Waals surface area contributed by atoms with E-state index in [1.165, 1.54) is 92.6 Å². The van der Waals surface area contributed by atoms with Crippen LogP contribution in [-0.2, 0) is 5.41 Å². The molecule has 9 aromatic carbocycles. The van der Waals surface area contributed by atoms with E-state index in [1.807, 2.05) is 23.9 Å². The second kappa shape index (κ2) is 11.1. The molecule has 3 heterocycles. The van der Waals surface area contributed by atoms with Crippen molar-refractivity contribution in [3.05, 3.63) is 210 Å². The lowest BCUT2D eigenvalue weighted by molar-refractivity contribution is 0.669. The molecular formula is C53H31NOS. The SMILES string of the molecule is c1ccc2c(c1)Sc1ccccc1C21c2ccccc2-c2cc3c4ccccc4n(-c4ccc(-c5ccc6oc7ccccc7c6c5)c5ccccc45)c3cc21. The lowest BCUT2D eigenvalue weighted by atomic mass is 9.67. The summed E-state index contributed by atoms with van der Waals surface area (Å²) >= 11 is 1.89. The summed E-state index contributed by atoms with van der Waals surface area (Å²) in [4.78, 5) is 2.63. The summed E-state index contributed by atoms with van der Waals surface area (Å²) in [6.07, 6.45) is 0. The predicted molar refractivity (Wildman–Crippen MR) is 232 cm³/mol. The van der Waals surface area contributed by atoms with E-state index in [0.717, 1.165) is 21.9 Å². The standard InChI is InChI=1S/C53H31NOS/c1-2-15-36-34(13-1)33(32-25-28-50-41(29-32)38-17-5-10-22-49(38)55-50)26-27-47(36)54-46-21-9-4-16-37(46)40-30-39-35-14-3-6-18-42(35)53(45(39)31-48(40)54)43-19-7-11-23-51(43)56-52-24-12-8-20-44(52)53/h1-31H. The monoisotopic (exact) mass is 729 g/mol. The zero-order valence-corrected chi connectivity index (χ0v) is 31.0. The first-order valence-electron chi connectivity index (χ1n) is 19.3. The Hall–Kier alpha value is -6.81. The average molecular weight is 730 g/mol. The van der Waals surface area contributed by atoms with E-state index in [4.69, 9.17) is 4.42 Å². The molecule has 2 nitrogen and oxygen atoms in total. The van der Waals surface area contributed by atoms with Gasteiger partial charge in [0.05, 0.1) is 22.1 Å². The zero-order chi connectivity index (χ0) is 36.5. The van der Waals surface area contributed by atoms with Gasteiger partial charge >= 0.3 is 0 Å². The maximum atomic E-state index is 6.21. The van der Waals surface area contributed by atoms with Crippen molar-refractivity contribution in [3.8, 4) is 27.9 Å². The molecule has 1 aliphatic heterocycles. The molecule has 0 unspecified atom stereocenters. The summed E-state index contributed by atoms with van der Waals surface area (Å²) in [7, 11) is 0. The normalized spacial score (nSPS) is 13.8. The first-order valence-corrected chi connectivity index (χ1v) is 20.1. The number of para-hydroxylation sites is 2. The molecule has 56 heavy (non-hydrogen) atoms. The van der Waals surface area contributed by atoms with E-state index in [2.05, 4.69) is 180 Å². The third-order valence-corrected chi connectivity index (χ3v) is 13.6. The summed E-state index contributed by atoms with van der Waals surface area (Å²) in [6, 6.07) is 69.7. The van der Waals surface area contributed by atoms with Gasteiger partial charge in [0.15, 0.2) is 0 Å². The first-order chi connectivity index (χ1) is 27.8. The Labute approximate surface area is 327 Å². The van der Waals surface area contributed by atoms with Crippen LogP contribution in [-0.4, -0.2) is 4.57 Å². The Morgan fingerprint density at radius 2 is 1.02 bits per heavy atom. The van der Waals surface area contributed by atoms with E-state index in [9.17, 15) is 0 Å². The van der Waals surface area contributed by atoms with E-state index < -0.39 is 5.41 Å². The molecule has 0 bridgehead atoms. The van der Waals surface area contributed by atoms with Gasteiger partial charge in [-0.2, -0.15) is 0 Å². The van der Waals surface area contributed by atoms with Gasteiger partial charge in [0.1, 0.15) is 11.2 Å². The zero-order valence-electron chi connectivity index (χ0n) is 30.2. The van der Waals surface area contributed by atoms with Crippen LogP contribution < -0.4 is 0 Å². The Balaban J connectivity index is 1.11. The number of hydrogen-bond acceptors (Lipinski definition) is 2. The number of nitrogens with zero attached hydrogens (tertiary/aromatic N) is 1. The fourth-order valence-corrected chi connectivity index (χ4v) is 11.4. The maximum Gasteiger partial charge on any atom is 0.135 e. The molecular weight excluding hydrogens is 699 g/mol. The summed E-state index contributed by atoms with van der Waals surface area (Å²) in [6.45, 7) is 0. The molecule has 2 aromatic heterocycles. The van der Waals surface area contributed by atoms with Crippen LogP contribution in [0.2, 0.25) is 0 Å². The number of aromatic nitrogens is 1. The minimum Gasteiger partial charge on any atom is -0.456 e. The number of fused-ring (bicyclic) bond motifs is 16. The van der Waals surface area contributed by atoms with Crippen molar-refractivity contribution in [1.29, 1.82) is 0 Å². The summed E-state index contributed by atoms with van der Waals surface area (Å²) in [5.41, 5.74) is 15.4. The topological polar surface area (TPSA) is 18.1 Å². The van der Waals surface area contributed by atoms with Crippen molar-refractivity contribution in [1.82, 2.24) is 4.57 Å². The minimum atomic E-state index is -0.443. The predicted octanol–water partition coefficient (Wildman–Crippen LogP) is 14.3. The third kappa shape index (κ3) is 3.87. The van der Waals surface area contributed by atoms with Crippen LogP contribution in [0.1, 0.15) is 22.3 Å². The van der Waals surface area contributed by atoms with Crippen LogP contribution in [0.5, 0.6) is 0 Å². The molecule has 2 aliphatic rings. The molecule has 11 aromatic rings. The van der Waals surface area contributed by atoms with Gasteiger partial charge in [-0.25, -0.2) is 0 Å². The van der Waals surface area contributed by atoms with E-state index in [1.54, 1.807) is 0 Å². The molecule has 0 amide bonds. The van der Waals surface area contributed by atoms with E-state index in [-0.39, 0.29) is 0 Å². The lowest BCUT2D eigenvalue weighted by Gasteiger charge is -2.39. The molecule has 260 valence electrons. The molecule has 3 heteroatoms. The van der Waals surface area contributed by atoms with Gasteiger partial charge in [-0.15, -0.1) is 0 Å². The molecule has 0 saturated heterocycles. The highest BCUT2D eigenvalue weighted by Crippen LogP contribution is 2.63. The molecule has 1 aliphatic carbocycles. The minimum absolute atomic E-state index is 0.443. The Morgan fingerprint density at radius 3 is 1.84 bits per heavy atom. The van der Waals surface area contributed by atoms with Gasteiger partial charge < -0.3 is 8.98 Å². The largest absolute Gasteiger partial charge is 0.456 e. The van der Waals surface area contributed by atoms with Crippen LogP contribution in [0.15, 0.2) is 202 Å². The van der Waals surface area contributed by atoms with Crippen molar-refractivity contribution in [2.45, 2.75) is 15.2 Å². The Morgan fingerprint density at radius 1 is 0.375 bits per heavy atom. The third-order valence-electron chi connectivity index (χ3n) is 12.5. The molecule has 0 N–H and O–H groups in total. The van der Waals surface area contributed by atoms with Gasteiger partial charge in [0, 0.05) is 36.7 Å². The van der Waals surface area contributed by atoms with Crippen molar-refractivity contribution >= 4 is 66.3 Å². The van der Waals surface area contributed by atoms with Crippen molar-refractivity contribution in [2.24, 2.45) is 0 Å². The van der Waals surface area contributed by atoms with Gasteiger partial charge in [-0.3, -0.25) is 0 Å². The highest BCUT2D eigenvalue weighted by molar-refractivity contribution is 7.99. The van der Waals surface area contributed by atoms with Crippen LogP contribution in [0.3, 0.4) is 0 Å². The van der Waals surface area contributed by atoms with Gasteiger partial charge in [0.2, 0.25) is 0 Å². The molecule has 0 saturated carbocycles. The second-order valence-electron chi connectivity index (χ2n) is 15.1. The summed E-state index contributed by atoms with van der Waals surface area (Å²) in [5, 5.41) is 7.25. The Kier molecular flexibility index (Phi) is 6.06. The first kappa shape index (κ1) is 30.5. The maximum absolute atomic E-state index is 6.21. The summed E-state index contributed by atoms with van der Waals surface area (Å²) < 4.78 is 8.73. The van der Waals surface area contributed by atoms with Crippen LogP contribution in [0, 0.1) is 0 Å². The lowest BCUT2D eigenvalue weighted by Crippen LogP contribution is -2.31.